The first kappa shape index (κ1) is 25.9. The zero-order chi connectivity index (χ0) is 27.5. The van der Waals surface area contributed by atoms with E-state index in [1.165, 1.54) is 0 Å². The number of fused-ring (bicyclic) bond motifs is 2. The lowest BCUT2D eigenvalue weighted by Crippen LogP contribution is -2.56. The molecular weight excluding hydrogens is 486 g/mol. The van der Waals surface area contributed by atoms with Gasteiger partial charge in [-0.25, -0.2) is 4.98 Å². The molecule has 0 saturated carbocycles. The van der Waals surface area contributed by atoms with Gasteiger partial charge >= 0.3 is 0 Å². The maximum atomic E-state index is 13.7. The minimum Gasteiger partial charge on any atom is -0.452 e. The van der Waals surface area contributed by atoms with Crippen molar-refractivity contribution in [3.8, 4) is 11.5 Å². The number of rotatable bonds is 2. The summed E-state index contributed by atoms with van der Waals surface area (Å²) >= 11 is 0. The number of aromatic nitrogens is 1. The average molecular weight is 523 g/mol. The summed E-state index contributed by atoms with van der Waals surface area (Å²) in [6, 6.07) is 1.63. The summed E-state index contributed by atoms with van der Waals surface area (Å²) in [7, 11) is 6.28. The maximum Gasteiger partial charge on any atom is 0.258 e. The molecule has 38 heavy (non-hydrogen) atoms. The van der Waals surface area contributed by atoms with Gasteiger partial charge in [-0.3, -0.25) is 14.4 Å². The topological polar surface area (TPSA) is 139 Å². The van der Waals surface area contributed by atoms with E-state index in [1.807, 2.05) is 7.05 Å². The zero-order valence-electron chi connectivity index (χ0n) is 22.8. The minimum absolute atomic E-state index is 0.0238. The first-order valence-corrected chi connectivity index (χ1v) is 12.9. The van der Waals surface area contributed by atoms with Crippen molar-refractivity contribution in [3.63, 3.8) is 0 Å². The molecule has 1 aliphatic carbocycles. The predicted octanol–water partition coefficient (Wildman–Crippen LogP) is 0.994. The number of nitrogens with zero attached hydrogens (tertiary/aromatic N) is 5. The summed E-state index contributed by atoms with van der Waals surface area (Å²) in [5, 5.41) is 0. The summed E-state index contributed by atoms with van der Waals surface area (Å²) < 4.78 is 7.12. The Kier molecular flexibility index (Phi) is 6.31. The van der Waals surface area contributed by atoms with Crippen molar-refractivity contribution in [2.45, 2.75) is 13.8 Å². The Morgan fingerprint density at radius 1 is 0.947 bits per heavy atom. The fourth-order valence-corrected chi connectivity index (χ4v) is 5.21. The van der Waals surface area contributed by atoms with Gasteiger partial charge in [0.1, 0.15) is 11.2 Å². The highest BCUT2D eigenvalue weighted by Crippen LogP contribution is 2.37. The number of hydrogen-bond acceptors (Lipinski definition) is 8. The highest BCUT2D eigenvalue weighted by atomic mass is 16.3. The fourth-order valence-electron chi connectivity index (χ4n) is 5.21. The van der Waals surface area contributed by atoms with Crippen LogP contribution in [0.4, 0.5) is 11.4 Å². The van der Waals surface area contributed by atoms with E-state index in [-0.39, 0.29) is 40.1 Å². The van der Waals surface area contributed by atoms with Crippen LogP contribution >= 0.6 is 0 Å². The normalized spacial score (nSPS) is 18.3. The molecule has 2 fully saturated rings. The second-order valence-electron chi connectivity index (χ2n) is 11.2. The van der Waals surface area contributed by atoms with Crippen LogP contribution in [0.25, 0.3) is 22.6 Å². The van der Waals surface area contributed by atoms with Gasteiger partial charge < -0.3 is 35.1 Å². The van der Waals surface area contributed by atoms with Gasteiger partial charge in [0.05, 0.1) is 57.1 Å². The Labute approximate surface area is 221 Å². The lowest BCUT2D eigenvalue weighted by atomic mass is 9.98. The molecule has 202 valence electrons. The molecule has 5 rings (SSSR count). The quantitative estimate of drug-likeness (QED) is 0.289. The molecule has 4 N–H and O–H groups in total. The van der Waals surface area contributed by atoms with Crippen LogP contribution in [0, 0.1) is 13.8 Å². The number of anilines is 2. The Balaban J connectivity index is 1.71. The van der Waals surface area contributed by atoms with Crippen LogP contribution < -0.4 is 16.9 Å². The first-order valence-electron chi connectivity index (χ1n) is 12.9. The molecule has 0 radical (unpaired) electrons. The number of aryl methyl sites for hydroxylation is 1. The Morgan fingerprint density at radius 2 is 1.55 bits per heavy atom. The van der Waals surface area contributed by atoms with Crippen LogP contribution in [0.1, 0.15) is 31.8 Å². The van der Waals surface area contributed by atoms with Crippen molar-refractivity contribution in [2.75, 3.05) is 85.0 Å². The number of benzene rings is 2. The molecule has 11 nitrogen and oxygen atoms in total. The second kappa shape index (κ2) is 9.25. The van der Waals surface area contributed by atoms with Crippen molar-refractivity contribution in [3.05, 3.63) is 38.5 Å². The molecule has 0 bridgehead atoms. The molecule has 0 aromatic heterocycles. The van der Waals surface area contributed by atoms with Crippen molar-refractivity contribution in [1.82, 2.24) is 19.7 Å². The molecule has 1 aromatic carbocycles. The predicted molar refractivity (Wildman–Crippen MR) is 146 cm³/mol. The molecular formula is C27H36N7O4+. The number of hydrogen-bond donors (Lipinski definition) is 2. The lowest BCUT2D eigenvalue weighted by Gasteiger charge is -2.39. The second-order valence-corrected chi connectivity index (χ2v) is 11.2. The smallest absolute Gasteiger partial charge is 0.258 e. The number of carbonyl (C=O) groups is 2. The van der Waals surface area contributed by atoms with E-state index in [9.17, 15) is 14.4 Å². The van der Waals surface area contributed by atoms with E-state index in [0.29, 0.717) is 67.2 Å². The Bertz CT molecular complexity index is 1480. The molecule has 0 spiro atoms. The number of quaternary nitrogens is 1. The van der Waals surface area contributed by atoms with Crippen LogP contribution in [-0.2, 0) is 0 Å². The summed E-state index contributed by atoms with van der Waals surface area (Å²) in [5.74, 6) is -0.380. The van der Waals surface area contributed by atoms with Crippen LogP contribution in [0.15, 0.2) is 15.3 Å². The number of carbonyl (C=O) groups excluding carboxylic acids is 2. The molecule has 3 heterocycles. The molecule has 1 aromatic rings. The SMILES string of the molecule is Cc1c2oc3c(C)c(N)cc(C(=O)N4CC[N+](C)(C)CC4)c3nc-2c(C(=O)N2CCN(C)CC2)c(N)c1=O. The molecule has 4 aliphatic rings. The van der Waals surface area contributed by atoms with Gasteiger partial charge in [0.25, 0.3) is 11.8 Å². The van der Waals surface area contributed by atoms with Gasteiger partial charge in [0, 0.05) is 43.0 Å². The van der Waals surface area contributed by atoms with Gasteiger partial charge in [-0.1, -0.05) is 0 Å². The van der Waals surface area contributed by atoms with E-state index in [0.717, 1.165) is 17.6 Å². The summed E-state index contributed by atoms with van der Waals surface area (Å²) in [6.07, 6.45) is 0. The van der Waals surface area contributed by atoms with Crippen LogP contribution in [0.3, 0.4) is 0 Å². The molecule has 11 heteroatoms. The van der Waals surface area contributed by atoms with Crippen LogP contribution in [0.2, 0.25) is 0 Å². The average Bonchev–Trinajstić information content (AvgIpc) is 2.89. The van der Waals surface area contributed by atoms with Crippen molar-refractivity contribution < 1.29 is 18.5 Å². The van der Waals surface area contributed by atoms with Gasteiger partial charge in [-0.05, 0) is 27.0 Å². The van der Waals surface area contributed by atoms with Gasteiger partial charge in [0.15, 0.2) is 11.3 Å². The zero-order valence-corrected chi connectivity index (χ0v) is 22.8. The highest BCUT2D eigenvalue weighted by molar-refractivity contribution is 6.09. The summed E-state index contributed by atoms with van der Waals surface area (Å²) in [5.41, 5.74) is 14.4. The standard InChI is InChI=1S/C27H35N7O4/c1-15-18(28)14-17(26(36)33-10-12-34(4,5)13-11-33)21-24(15)38-25-16(2)23(35)20(29)19(22(25)30-21)27(37)32-8-6-31(3)7-9-32/h14H,6-13H2,1-5H3,(H3-,28,29,30,35,36,37)/p+1. The monoisotopic (exact) mass is 522 g/mol. The maximum absolute atomic E-state index is 13.7. The van der Waals surface area contributed by atoms with Crippen LogP contribution in [0.5, 0.6) is 0 Å². The summed E-state index contributed by atoms with van der Waals surface area (Å²) in [4.78, 5) is 51.0. The number of nitrogens with two attached hydrogens (primary N) is 2. The third-order valence-corrected chi connectivity index (χ3v) is 8.09. The van der Waals surface area contributed by atoms with Crippen molar-refractivity contribution in [2.24, 2.45) is 0 Å². The largest absolute Gasteiger partial charge is 0.452 e. The third-order valence-electron chi connectivity index (χ3n) is 8.09. The number of likely N-dealkylation sites (N-methyl/N-ethyl adjacent to an activating group) is 2. The Morgan fingerprint density at radius 3 is 2.18 bits per heavy atom. The van der Waals surface area contributed by atoms with Gasteiger partial charge in [-0.15, -0.1) is 0 Å². The molecule has 2 saturated heterocycles. The fraction of sp³-hybridized carbons (Fsp3) is 0.481. The molecule has 2 amide bonds. The third kappa shape index (κ3) is 4.25. The van der Waals surface area contributed by atoms with E-state index in [1.54, 1.807) is 29.7 Å². The van der Waals surface area contributed by atoms with E-state index >= 15 is 0 Å². The number of nitrogen functional groups attached to an aromatic ring is 2. The highest BCUT2D eigenvalue weighted by Gasteiger charge is 2.34. The van der Waals surface area contributed by atoms with E-state index in [2.05, 4.69) is 19.0 Å². The van der Waals surface area contributed by atoms with E-state index < -0.39 is 5.43 Å². The lowest BCUT2D eigenvalue weighted by molar-refractivity contribution is -0.894. The first-order chi connectivity index (χ1) is 17.9. The van der Waals surface area contributed by atoms with Crippen molar-refractivity contribution in [1.29, 1.82) is 0 Å². The number of amides is 2. The molecule has 0 unspecified atom stereocenters. The molecule has 3 aliphatic heterocycles. The van der Waals surface area contributed by atoms with E-state index in [4.69, 9.17) is 20.9 Å². The van der Waals surface area contributed by atoms with Crippen LogP contribution in [-0.4, -0.2) is 109 Å². The van der Waals surface area contributed by atoms with Gasteiger partial charge in [0.2, 0.25) is 5.43 Å². The van der Waals surface area contributed by atoms with Crippen molar-refractivity contribution >= 4 is 34.3 Å². The Hall–Kier alpha value is -3.70. The minimum atomic E-state index is -0.466. The summed E-state index contributed by atoms with van der Waals surface area (Å²) in [6.45, 7) is 8.68. The van der Waals surface area contributed by atoms with Gasteiger partial charge in [-0.2, -0.15) is 0 Å². The number of piperazine rings is 2. The molecule has 0 atom stereocenters.